The highest BCUT2D eigenvalue weighted by Crippen LogP contribution is 2.44. The molecule has 2 atom stereocenters. The molecule has 1 aromatic heterocycles. The molecule has 1 aliphatic carbocycles. The Morgan fingerprint density at radius 1 is 1.24 bits per heavy atom. The average Bonchev–Trinajstić information content (AvgIpc) is 3.12. The van der Waals surface area contributed by atoms with E-state index >= 15 is 0 Å². The Morgan fingerprint density at radius 3 is 2.33 bits per heavy atom. The maximum absolute atomic E-state index is 12.4. The highest BCUT2D eigenvalue weighted by atomic mass is 16.2. The fourth-order valence-corrected chi connectivity index (χ4v) is 3.66. The number of amides is 2. The summed E-state index contributed by atoms with van der Waals surface area (Å²) in [7, 11) is 1.78. The number of hydrogen-bond acceptors (Lipinski definition) is 3. The monoisotopic (exact) mass is 288 g/mol. The molecule has 2 unspecified atom stereocenters. The molecule has 0 N–H and O–H groups in total. The smallest absolute Gasteiger partial charge is 0.233 e. The van der Waals surface area contributed by atoms with Crippen LogP contribution in [0.5, 0.6) is 0 Å². The molecule has 5 heteroatoms. The largest absolute Gasteiger partial charge is 0.348 e. The number of carbonyl (C=O) groups excluding carboxylic acids is 3. The molecule has 3 rings (SSSR count). The van der Waals surface area contributed by atoms with Crippen molar-refractivity contribution in [1.82, 2.24) is 9.47 Å². The lowest BCUT2D eigenvalue weighted by Gasteiger charge is -2.16. The number of hydrogen-bond donors (Lipinski definition) is 0. The van der Waals surface area contributed by atoms with Crippen LogP contribution in [0.25, 0.3) is 0 Å². The number of nitrogens with zero attached hydrogens (tertiary/aromatic N) is 2. The van der Waals surface area contributed by atoms with Gasteiger partial charge < -0.3 is 4.57 Å². The number of Topliss-reactive ketones (excluding diaryl/α,β-unsaturated/α-hetero) is 1. The van der Waals surface area contributed by atoms with E-state index in [1.165, 1.54) is 4.90 Å². The van der Waals surface area contributed by atoms with Gasteiger partial charge in [0.25, 0.3) is 0 Å². The van der Waals surface area contributed by atoms with Gasteiger partial charge in [0.1, 0.15) is 0 Å². The minimum Gasteiger partial charge on any atom is -0.348 e. The Balaban J connectivity index is 1.74. The molecule has 0 bridgehead atoms. The molecule has 2 heterocycles. The van der Waals surface area contributed by atoms with Crippen molar-refractivity contribution in [3.8, 4) is 0 Å². The van der Waals surface area contributed by atoms with Crippen molar-refractivity contribution >= 4 is 17.6 Å². The van der Waals surface area contributed by atoms with Crippen LogP contribution >= 0.6 is 0 Å². The molecule has 21 heavy (non-hydrogen) atoms. The summed E-state index contributed by atoms with van der Waals surface area (Å²) in [5.41, 5.74) is 0.527. The quantitative estimate of drug-likeness (QED) is 0.625. The third kappa shape index (κ3) is 2.20. The molecule has 1 saturated heterocycles. The van der Waals surface area contributed by atoms with Gasteiger partial charge in [0, 0.05) is 13.2 Å². The highest BCUT2D eigenvalue weighted by Gasteiger charge is 2.52. The van der Waals surface area contributed by atoms with Gasteiger partial charge in [-0.25, -0.2) is 0 Å². The van der Waals surface area contributed by atoms with E-state index in [1.807, 2.05) is 0 Å². The van der Waals surface area contributed by atoms with Crippen LogP contribution < -0.4 is 0 Å². The van der Waals surface area contributed by atoms with Gasteiger partial charge in [0.15, 0.2) is 5.78 Å². The standard InChI is InChI=1S/C16H20N2O3/c1-3-10-7-11-12(8-10)16(21)18(15(11)20)9-14(19)13-5-4-6-17(13)2/h4-6,10-12H,3,7-9H2,1-2H3. The Labute approximate surface area is 123 Å². The summed E-state index contributed by atoms with van der Waals surface area (Å²) >= 11 is 0. The van der Waals surface area contributed by atoms with Gasteiger partial charge in [-0.3, -0.25) is 19.3 Å². The van der Waals surface area contributed by atoms with Crippen LogP contribution in [0, 0.1) is 17.8 Å². The van der Waals surface area contributed by atoms with E-state index in [9.17, 15) is 14.4 Å². The number of ketones is 1. The molecule has 2 amide bonds. The van der Waals surface area contributed by atoms with E-state index in [1.54, 1.807) is 29.9 Å². The van der Waals surface area contributed by atoms with Crippen molar-refractivity contribution in [3.63, 3.8) is 0 Å². The van der Waals surface area contributed by atoms with Crippen LogP contribution in [0.15, 0.2) is 18.3 Å². The van der Waals surface area contributed by atoms with Crippen molar-refractivity contribution in [2.45, 2.75) is 26.2 Å². The maximum Gasteiger partial charge on any atom is 0.233 e. The first-order valence-corrected chi connectivity index (χ1v) is 7.52. The van der Waals surface area contributed by atoms with E-state index in [-0.39, 0.29) is 36.0 Å². The molecular weight excluding hydrogens is 268 g/mol. The van der Waals surface area contributed by atoms with Crippen molar-refractivity contribution in [1.29, 1.82) is 0 Å². The molecule has 2 aliphatic rings. The van der Waals surface area contributed by atoms with E-state index in [0.717, 1.165) is 19.3 Å². The molecule has 0 spiro atoms. The molecule has 0 radical (unpaired) electrons. The predicted octanol–water partition coefficient (Wildman–Crippen LogP) is 1.63. The second-order valence-corrected chi connectivity index (χ2v) is 6.15. The van der Waals surface area contributed by atoms with Crippen LogP contribution in [0.3, 0.4) is 0 Å². The summed E-state index contributed by atoms with van der Waals surface area (Å²) in [5.74, 6) is -0.394. The number of imide groups is 1. The second-order valence-electron chi connectivity index (χ2n) is 6.15. The summed E-state index contributed by atoms with van der Waals surface area (Å²) in [6.07, 6.45) is 4.37. The number of carbonyl (C=O) groups is 3. The Morgan fingerprint density at radius 2 is 1.86 bits per heavy atom. The van der Waals surface area contributed by atoms with Crippen molar-refractivity contribution in [2.75, 3.05) is 6.54 Å². The second kappa shape index (κ2) is 5.13. The van der Waals surface area contributed by atoms with Gasteiger partial charge in [-0.05, 0) is 30.9 Å². The third-order valence-electron chi connectivity index (χ3n) is 4.94. The summed E-state index contributed by atoms with van der Waals surface area (Å²) in [4.78, 5) is 38.2. The Hall–Kier alpha value is -1.91. The van der Waals surface area contributed by atoms with Crippen LogP contribution in [-0.2, 0) is 16.6 Å². The van der Waals surface area contributed by atoms with Crippen LogP contribution in [0.2, 0.25) is 0 Å². The van der Waals surface area contributed by atoms with E-state index < -0.39 is 0 Å². The van der Waals surface area contributed by atoms with E-state index in [0.29, 0.717) is 11.6 Å². The van der Waals surface area contributed by atoms with Crippen molar-refractivity contribution in [3.05, 3.63) is 24.0 Å². The summed E-state index contributed by atoms with van der Waals surface area (Å²) in [6.45, 7) is 1.97. The predicted molar refractivity (Wildman–Crippen MR) is 76.5 cm³/mol. The van der Waals surface area contributed by atoms with Gasteiger partial charge in [-0.15, -0.1) is 0 Å². The minimum absolute atomic E-state index is 0.126. The zero-order chi connectivity index (χ0) is 15.1. The zero-order valence-electron chi connectivity index (χ0n) is 12.4. The van der Waals surface area contributed by atoms with Gasteiger partial charge in [-0.2, -0.15) is 0 Å². The summed E-state index contributed by atoms with van der Waals surface area (Å²) in [5, 5.41) is 0. The van der Waals surface area contributed by atoms with Crippen LogP contribution in [0.1, 0.15) is 36.7 Å². The molecule has 2 fully saturated rings. The lowest BCUT2D eigenvalue weighted by atomic mass is 10.00. The molecule has 1 aromatic rings. The normalized spacial score (nSPS) is 28.3. The van der Waals surface area contributed by atoms with Gasteiger partial charge in [0.05, 0.1) is 24.1 Å². The zero-order valence-corrected chi connectivity index (χ0v) is 12.4. The number of rotatable bonds is 4. The lowest BCUT2D eigenvalue weighted by Crippen LogP contribution is -2.37. The molecule has 1 saturated carbocycles. The topological polar surface area (TPSA) is 59.4 Å². The Bertz CT molecular complexity index is 580. The number of fused-ring (bicyclic) bond motifs is 1. The number of likely N-dealkylation sites (tertiary alicyclic amines) is 1. The molecule has 1 aliphatic heterocycles. The first-order chi connectivity index (χ1) is 10.0. The fourth-order valence-electron chi connectivity index (χ4n) is 3.66. The first kappa shape index (κ1) is 14.0. The van der Waals surface area contributed by atoms with Gasteiger partial charge in [0.2, 0.25) is 11.8 Å². The van der Waals surface area contributed by atoms with E-state index in [2.05, 4.69) is 6.92 Å². The minimum atomic E-state index is -0.191. The maximum atomic E-state index is 12.4. The lowest BCUT2D eigenvalue weighted by molar-refractivity contribution is -0.139. The average molecular weight is 288 g/mol. The highest BCUT2D eigenvalue weighted by molar-refractivity contribution is 6.09. The Kier molecular flexibility index (Phi) is 3.43. The first-order valence-electron chi connectivity index (χ1n) is 7.52. The third-order valence-corrected chi connectivity index (χ3v) is 4.94. The van der Waals surface area contributed by atoms with Gasteiger partial charge in [-0.1, -0.05) is 13.3 Å². The SMILES string of the molecule is CCC1CC2C(=O)N(CC(=O)c3cccn3C)C(=O)C2C1. The fraction of sp³-hybridized carbons (Fsp3) is 0.562. The summed E-state index contributed by atoms with van der Waals surface area (Å²) < 4.78 is 1.71. The summed E-state index contributed by atoms with van der Waals surface area (Å²) in [6, 6.07) is 3.49. The van der Waals surface area contributed by atoms with E-state index in [4.69, 9.17) is 0 Å². The van der Waals surface area contributed by atoms with Crippen LogP contribution in [0.4, 0.5) is 0 Å². The van der Waals surface area contributed by atoms with Crippen molar-refractivity contribution < 1.29 is 14.4 Å². The van der Waals surface area contributed by atoms with Gasteiger partial charge >= 0.3 is 0 Å². The molecular formula is C16H20N2O3. The molecule has 5 nitrogen and oxygen atoms in total. The molecule has 0 aromatic carbocycles. The number of aryl methyl sites for hydroxylation is 1. The molecule has 112 valence electrons. The number of aromatic nitrogens is 1. The van der Waals surface area contributed by atoms with Crippen molar-refractivity contribution in [2.24, 2.45) is 24.8 Å². The van der Waals surface area contributed by atoms with Crippen LogP contribution in [-0.4, -0.2) is 33.6 Å².